The molecule has 1 N–H and O–H groups in total. The van der Waals surface area contributed by atoms with Crippen LogP contribution in [0.1, 0.15) is 5.69 Å². The minimum Gasteiger partial charge on any atom is -0.477 e. The fourth-order valence-electron chi connectivity index (χ4n) is 1.93. The molecule has 1 saturated heterocycles. The van der Waals surface area contributed by atoms with Crippen molar-refractivity contribution in [2.45, 2.75) is 5.37 Å². The summed E-state index contributed by atoms with van der Waals surface area (Å²) >= 11 is 1.33. The molecule has 3 rings (SSSR count). The van der Waals surface area contributed by atoms with Crippen LogP contribution >= 0.6 is 11.8 Å². The molecule has 7 heteroatoms. The van der Waals surface area contributed by atoms with Gasteiger partial charge in [-0.3, -0.25) is 9.69 Å². The Hall–Kier alpha value is -2.02. The molecule has 3 heterocycles. The van der Waals surface area contributed by atoms with Gasteiger partial charge >= 0.3 is 5.97 Å². The van der Waals surface area contributed by atoms with Crippen LogP contribution in [0.3, 0.4) is 0 Å². The van der Waals surface area contributed by atoms with Crippen molar-refractivity contribution in [3.63, 3.8) is 0 Å². The standard InChI is InChI=1S/C11H9N3O3S/c1-13-3-6(12-5-13)2-7-9(15)14-8(11(16)17)4-18-10(7)14/h2-5,10H,1H3,(H,16,17)/t10-/m0/s1. The summed E-state index contributed by atoms with van der Waals surface area (Å²) in [5.41, 5.74) is 1.34. The number of amides is 1. The molecule has 0 aliphatic carbocycles. The molecule has 1 fully saturated rings. The first kappa shape index (κ1) is 11.1. The molecule has 0 saturated carbocycles. The Morgan fingerprint density at radius 2 is 2.39 bits per heavy atom. The molecule has 0 unspecified atom stereocenters. The normalized spacial score (nSPS) is 23.9. The maximum absolute atomic E-state index is 11.9. The average Bonchev–Trinajstić information content (AvgIpc) is 2.89. The summed E-state index contributed by atoms with van der Waals surface area (Å²) in [6.45, 7) is 0. The molecule has 0 radical (unpaired) electrons. The number of nitrogens with zero attached hydrogens (tertiary/aromatic N) is 3. The molecule has 0 aromatic carbocycles. The molecule has 6 nitrogen and oxygen atoms in total. The van der Waals surface area contributed by atoms with E-state index in [9.17, 15) is 9.59 Å². The van der Waals surface area contributed by atoms with E-state index in [4.69, 9.17) is 5.11 Å². The molecule has 0 bridgehead atoms. The van der Waals surface area contributed by atoms with Crippen molar-refractivity contribution in [1.29, 1.82) is 0 Å². The first-order chi connectivity index (χ1) is 8.58. The highest BCUT2D eigenvalue weighted by atomic mass is 32.2. The number of carboxylic acids is 1. The zero-order valence-corrected chi connectivity index (χ0v) is 10.2. The number of imidazole rings is 1. The van der Waals surface area contributed by atoms with Gasteiger partial charge in [0.2, 0.25) is 0 Å². The van der Waals surface area contributed by atoms with Crippen molar-refractivity contribution >= 4 is 29.7 Å². The number of thioether (sulfide) groups is 1. The van der Waals surface area contributed by atoms with Crippen LogP contribution in [0.4, 0.5) is 0 Å². The number of aromatic nitrogens is 2. The van der Waals surface area contributed by atoms with Gasteiger partial charge in [-0.15, -0.1) is 11.8 Å². The van der Waals surface area contributed by atoms with Crippen molar-refractivity contribution in [2.75, 3.05) is 0 Å². The molecule has 18 heavy (non-hydrogen) atoms. The summed E-state index contributed by atoms with van der Waals surface area (Å²) < 4.78 is 1.79. The van der Waals surface area contributed by atoms with Crippen LogP contribution in [0, 0.1) is 0 Å². The SMILES string of the molecule is Cn1cnc(C=C2C(=O)N3C(C(=O)O)=CS[C@@H]23)c1. The minimum atomic E-state index is -1.07. The average molecular weight is 263 g/mol. The predicted octanol–water partition coefficient (Wildman–Crippen LogP) is 0.645. The first-order valence-corrected chi connectivity index (χ1v) is 6.14. The van der Waals surface area contributed by atoms with Crippen molar-refractivity contribution in [2.24, 2.45) is 7.05 Å². The lowest BCUT2D eigenvalue weighted by atomic mass is 10.0. The van der Waals surface area contributed by atoms with E-state index < -0.39 is 5.97 Å². The smallest absolute Gasteiger partial charge is 0.353 e. The van der Waals surface area contributed by atoms with Crippen molar-refractivity contribution in [1.82, 2.24) is 14.5 Å². The number of aryl methyl sites for hydroxylation is 1. The Labute approximate surface area is 107 Å². The van der Waals surface area contributed by atoms with E-state index in [1.54, 1.807) is 23.2 Å². The summed E-state index contributed by atoms with van der Waals surface area (Å²) in [7, 11) is 1.85. The maximum atomic E-state index is 11.9. The lowest BCUT2D eigenvalue weighted by molar-refractivity contribution is -0.141. The zero-order valence-electron chi connectivity index (χ0n) is 9.40. The lowest BCUT2D eigenvalue weighted by Crippen LogP contribution is -2.51. The zero-order chi connectivity index (χ0) is 12.9. The molecule has 92 valence electrons. The Morgan fingerprint density at radius 1 is 1.61 bits per heavy atom. The molecule has 1 amide bonds. The van der Waals surface area contributed by atoms with E-state index in [-0.39, 0.29) is 17.0 Å². The second-order valence-corrected chi connectivity index (χ2v) is 4.99. The number of hydrogen-bond acceptors (Lipinski definition) is 4. The maximum Gasteiger partial charge on any atom is 0.353 e. The highest BCUT2D eigenvalue weighted by Crippen LogP contribution is 2.44. The number of carbonyl (C=O) groups excluding carboxylic acids is 1. The molecule has 1 aromatic heterocycles. The minimum absolute atomic E-state index is 0.0492. The number of carboxylic acid groups (broad SMARTS) is 1. The molecule has 2 aliphatic heterocycles. The van der Waals surface area contributed by atoms with E-state index in [0.29, 0.717) is 11.3 Å². The third-order valence-electron chi connectivity index (χ3n) is 2.78. The van der Waals surface area contributed by atoms with Crippen molar-refractivity contribution in [3.8, 4) is 0 Å². The third kappa shape index (κ3) is 1.47. The van der Waals surface area contributed by atoms with E-state index in [1.807, 2.05) is 7.05 Å². The van der Waals surface area contributed by atoms with Gasteiger partial charge in [0.15, 0.2) is 0 Å². The number of aliphatic carboxylic acids is 1. The van der Waals surface area contributed by atoms with Gasteiger partial charge in [0, 0.05) is 18.7 Å². The van der Waals surface area contributed by atoms with Crippen LogP contribution in [0.15, 0.2) is 29.2 Å². The van der Waals surface area contributed by atoms with E-state index >= 15 is 0 Å². The fraction of sp³-hybridized carbons (Fsp3) is 0.182. The summed E-state index contributed by atoms with van der Waals surface area (Å²) in [5, 5.41) is 10.2. The second kappa shape index (κ2) is 3.74. The van der Waals surface area contributed by atoms with Gasteiger partial charge in [0.1, 0.15) is 11.1 Å². The van der Waals surface area contributed by atoms with Crippen molar-refractivity contribution < 1.29 is 14.7 Å². The summed E-state index contributed by atoms with van der Waals surface area (Å²) in [6.07, 6.45) is 5.15. The van der Waals surface area contributed by atoms with E-state index in [1.165, 1.54) is 22.1 Å². The number of β-lactam (4-membered cyclic amide) rings is 1. The molecular weight excluding hydrogens is 254 g/mol. The van der Waals surface area contributed by atoms with Crippen LogP contribution in [0.2, 0.25) is 0 Å². The van der Waals surface area contributed by atoms with Crippen LogP contribution in [0.25, 0.3) is 6.08 Å². The largest absolute Gasteiger partial charge is 0.477 e. The molecule has 1 aromatic rings. The number of carbonyl (C=O) groups is 2. The molecule has 0 spiro atoms. The van der Waals surface area contributed by atoms with Gasteiger partial charge in [-0.25, -0.2) is 9.78 Å². The van der Waals surface area contributed by atoms with Crippen LogP contribution < -0.4 is 0 Å². The topological polar surface area (TPSA) is 75.4 Å². The van der Waals surface area contributed by atoms with E-state index in [2.05, 4.69) is 4.98 Å². The number of rotatable bonds is 2. The Bertz CT molecular complexity index is 617. The van der Waals surface area contributed by atoms with E-state index in [0.717, 1.165) is 0 Å². The van der Waals surface area contributed by atoms with Crippen molar-refractivity contribution in [3.05, 3.63) is 34.9 Å². The molecule has 2 aliphatic rings. The van der Waals surface area contributed by atoms with Crippen LogP contribution in [0.5, 0.6) is 0 Å². The van der Waals surface area contributed by atoms with Gasteiger partial charge in [0.25, 0.3) is 5.91 Å². The van der Waals surface area contributed by atoms with Crippen LogP contribution in [-0.2, 0) is 16.6 Å². The monoisotopic (exact) mass is 263 g/mol. The Kier molecular flexibility index (Phi) is 2.30. The quantitative estimate of drug-likeness (QED) is 0.626. The fourth-order valence-corrected chi connectivity index (χ4v) is 3.05. The molecule has 1 atom stereocenters. The van der Waals surface area contributed by atoms with Gasteiger partial charge in [0.05, 0.1) is 17.6 Å². The predicted molar refractivity (Wildman–Crippen MR) is 65.1 cm³/mol. The van der Waals surface area contributed by atoms with Gasteiger partial charge in [-0.05, 0) is 6.08 Å². The van der Waals surface area contributed by atoms with Gasteiger partial charge in [-0.2, -0.15) is 0 Å². The lowest BCUT2D eigenvalue weighted by Gasteiger charge is -2.36. The first-order valence-electron chi connectivity index (χ1n) is 5.20. The van der Waals surface area contributed by atoms with Gasteiger partial charge < -0.3 is 9.67 Å². The number of hydrogen-bond donors (Lipinski definition) is 1. The Morgan fingerprint density at radius 3 is 3.00 bits per heavy atom. The third-order valence-corrected chi connectivity index (χ3v) is 3.86. The Balaban J connectivity index is 1.86. The number of fused-ring (bicyclic) bond motifs is 1. The summed E-state index contributed by atoms with van der Waals surface area (Å²) in [6, 6.07) is 0. The molecular formula is C11H9N3O3S. The highest BCUT2D eigenvalue weighted by molar-refractivity contribution is 8.03. The van der Waals surface area contributed by atoms with Crippen LogP contribution in [-0.4, -0.2) is 36.8 Å². The summed E-state index contributed by atoms with van der Waals surface area (Å²) in [4.78, 5) is 28.2. The van der Waals surface area contributed by atoms with Gasteiger partial charge in [-0.1, -0.05) is 0 Å². The second-order valence-electron chi connectivity index (χ2n) is 4.04. The summed E-state index contributed by atoms with van der Waals surface area (Å²) in [5.74, 6) is -1.33. The highest BCUT2D eigenvalue weighted by Gasteiger charge is 2.49.